The summed E-state index contributed by atoms with van der Waals surface area (Å²) in [5.41, 5.74) is 4.69. The Morgan fingerprint density at radius 3 is 2.67 bits per heavy atom. The fraction of sp³-hybridized carbons (Fsp3) is 0.308. The maximum absolute atomic E-state index is 9.15. The number of nitrogens with one attached hydrogen (secondary N) is 1. The molecule has 2 aliphatic rings. The Hall–Kier alpha value is -4.04. The van der Waals surface area contributed by atoms with Crippen molar-refractivity contribution in [3.63, 3.8) is 0 Å². The van der Waals surface area contributed by atoms with Gasteiger partial charge in [-0.1, -0.05) is 11.2 Å². The minimum absolute atomic E-state index is 0.328. The Bertz CT molecular complexity index is 1280. The minimum atomic E-state index is 0.328. The second-order valence-electron chi connectivity index (χ2n) is 8.88. The van der Waals surface area contributed by atoms with Crippen LogP contribution >= 0.6 is 0 Å². The van der Waals surface area contributed by atoms with E-state index in [0.29, 0.717) is 36.3 Å². The number of pyridine rings is 1. The summed E-state index contributed by atoms with van der Waals surface area (Å²) in [6, 6.07) is 11.9. The van der Waals surface area contributed by atoms with Gasteiger partial charge in [0.15, 0.2) is 11.6 Å². The Morgan fingerprint density at radius 1 is 1.14 bits per heavy atom. The molecule has 2 aliphatic heterocycles. The number of hydrazine groups is 1. The van der Waals surface area contributed by atoms with Gasteiger partial charge in [-0.15, -0.1) is 6.58 Å². The van der Waals surface area contributed by atoms with Crippen LogP contribution in [0.3, 0.4) is 0 Å². The first-order valence-electron chi connectivity index (χ1n) is 11.9. The van der Waals surface area contributed by atoms with Crippen LogP contribution in [-0.2, 0) is 11.4 Å². The Kier molecular flexibility index (Phi) is 6.77. The van der Waals surface area contributed by atoms with E-state index in [4.69, 9.17) is 15.1 Å². The van der Waals surface area contributed by atoms with E-state index in [1.54, 1.807) is 34.6 Å². The van der Waals surface area contributed by atoms with Crippen molar-refractivity contribution in [2.24, 2.45) is 0 Å². The monoisotopic (exact) mass is 483 g/mol. The molecule has 5 rings (SSSR count). The number of fused-ring (bicyclic) bond motifs is 1. The highest BCUT2D eigenvalue weighted by atomic mass is 16.7. The maximum Gasteiger partial charge on any atom is 0.229 e. The van der Waals surface area contributed by atoms with E-state index in [0.717, 1.165) is 37.4 Å². The normalized spacial score (nSPS) is 16.4. The van der Waals surface area contributed by atoms with Gasteiger partial charge in [0.2, 0.25) is 5.95 Å². The minimum Gasteiger partial charge on any atom is -0.369 e. The smallest absolute Gasteiger partial charge is 0.229 e. The lowest BCUT2D eigenvalue weighted by Crippen LogP contribution is -2.44. The fourth-order valence-electron chi connectivity index (χ4n) is 4.36. The molecular formula is C26H29N9O. The number of benzene rings is 1. The van der Waals surface area contributed by atoms with Gasteiger partial charge < -0.3 is 15.1 Å². The average Bonchev–Trinajstić information content (AvgIpc) is 2.90. The number of hydrogen-bond acceptors (Lipinski definition) is 10. The molecule has 0 saturated carbocycles. The summed E-state index contributed by atoms with van der Waals surface area (Å²) in [5.74, 6) is 1.71. The molecule has 1 N–H and O–H groups in total. The molecule has 184 valence electrons. The van der Waals surface area contributed by atoms with Crippen LogP contribution in [0.5, 0.6) is 0 Å². The van der Waals surface area contributed by atoms with Crippen LogP contribution in [0.2, 0.25) is 0 Å². The average molecular weight is 484 g/mol. The standard InChI is InChI=1S/C26H29N9O/c1-4-9-34-35(24-8-5-20(15-27)16-28-24)25-21(18-36-34)17-29-26(31-25)30-22-6-7-23(19(2)14-22)33-12-10-32(3)11-13-33/h4-8,14,16-17H,1,9-13,18H2,2-3H3,(H,29,30,31). The van der Waals surface area contributed by atoms with Crippen molar-refractivity contribution < 1.29 is 4.84 Å². The lowest BCUT2D eigenvalue weighted by molar-refractivity contribution is -0.172. The Balaban J connectivity index is 1.41. The van der Waals surface area contributed by atoms with Crippen molar-refractivity contribution in [1.82, 2.24) is 25.0 Å². The third-order valence-corrected chi connectivity index (χ3v) is 6.31. The van der Waals surface area contributed by atoms with Crippen molar-refractivity contribution in [3.8, 4) is 6.07 Å². The number of hydroxylamine groups is 1. The third kappa shape index (κ3) is 4.85. The van der Waals surface area contributed by atoms with Gasteiger partial charge in [0.25, 0.3) is 0 Å². The zero-order valence-electron chi connectivity index (χ0n) is 20.6. The van der Waals surface area contributed by atoms with Gasteiger partial charge in [-0.2, -0.15) is 10.2 Å². The molecule has 0 bridgehead atoms. The van der Waals surface area contributed by atoms with Gasteiger partial charge in [-0.05, 0) is 49.9 Å². The maximum atomic E-state index is 9.15. The number of nitrogens with zero attached hydrogens (tertiary/aromatic N) is 8. The first-order chi connectivity index (χ1) is 17.6. The number of nitriles is 1. The van der Waals surface area contributed by atoms with Crippen molar-refractivity contribution in [1.29, 1.82) is 5.26 Å². The highest BCUT2D eigenvalue weighted by Gasteiger charge is 2.29. The van der Waals surface area contributed by atoms with Crippen molar-refractivity contribution >= 4 is 29.0 Å². The number of likely N-dealkylation sites (N-methyl/N-ethyl adjacent to an activating group) is 1. The zero-order valence-corrected chi connectivity index (χ0v) is 20.6. The molecule has 0 spiro atoms. The molecular weight excluding hydrogens is 454 g/mol. The summed E-state index contributed by atoms with van der Waals surface area (Å²) in [4.78, 5) is 24.5. The molecule has 1 fully saturated rings. The van der Waals surface area contributed by atoms with Crippen LogP contribution in [0.4, 0.5) is 29.0 Å². The highest BCUT2D eigenvalue weighted by Crippen LogP contribution is 2.33. The van der Waals surface area contributed by atoms with Crippen LogP contribution in [-0.4, -0.2) is 64.8 Å². The number of rotatable bonds is 6. The first kappa shape index (κ1) is 23.7. The van der Waals surface area contributed by atoms with Crippen LogP contribution < -0.4 is 15.2 Å². The molecule has 36 heavy (non-hydrogen) atoms. The van der Waals surface area contributed by atoms with Gasteiger partial charge in [0.1, 0.15) is 12.7 Å². The molecule has 0 aliphatic carbocycles. The van der Waals surface area contributed by atoms with Crippen LogP contribution in [0.15, 0.2) is 55.4 Å². The fourth-order valence-corrected chi connectivity index (χ4v) is 4.36. The van der Waals surface area contributed by atoms with Gasteiger partial charge in [0.05, 0.1) is 12.1 Å². The summed E-state index contributed by atoms with van der Waals surface area (Å²) >= 11 is 0. The summed E-state index contributed by atoms with van der Waals surface area (Å²) < 4.78 is 0. The van der Waals surface area contributed by atoms with Gasteiger partial charge in [-0.25, -0.2) is 15.0 Å². The molecule has 4 heterocycles. The summed E-state index contributed by atoms with van der Waals surface area (Å²) in [6.07, 6.45) is 5.03. The van der Waals surface area contributed by atoms with Crippen LogP contribution in [0.1, 0.15) is 16.7 Å². The predicted octanol–water partition coefficient (Wildman–Crippen LogP) is 3.53. The molecule has 0 radical (unpaired) electrons. The van der Waals surface area contributed by atoms with Crippen molar-refractivity contribution in [2.75, 3.05) is 55.0 Å². The molecule has 0 atom stereocenters. The molecule has 1 aromatic carbocycles. The number of aromatic nitrogens is 3. The number of hydrogen-bond donors (Lipinski definition) is 1. The van der Waals surface area contributed by atoms with Crippen molar-refractivity contribution in [3.05, 3.63) is 72.1 Å². The van der Waals surface area contributed by atoms with Crippen LogP contribution in [0.25, 0.3) is 0 Å². The van der Waals surface area contributed by atoms with E-state index in [9.17, 15) is 0 Å². The molecule has 0 amide bonds. The Labute approximate surface area is 211 Å². The van der Waals surface area contributed by atoms with E-state index in [2.05, 4.69) is 69.9 Å². The summed E-state index contributed by atoms with van der Waals surface area (Å²) in [7, 11) is 2.16. The zero-order chi connectivity index (χ0) is 25.1. The topological polar surface area (TPSA) is 96.7 Å². The quantitative estimate of drug-likeness (QED) is 0.525. The largest absolute Gasteiger partial charge is 0.369 e. The lowest BCUT2D eigenvalue weighted by atomic mass is 10.1. The molecule has 2 aromatic heterocycles. The number of aryl methyl sites for hydroxylation is 1. The lowest BCUT2D eigenvalue weighted by Gasteiger charge is -2.37. The molecule has 1 saturated heterocycles. The first-order valence-corrected chi connectivity index (χ1v) is 11.9. The number of piperazine rings is 1. The van der Waals surface area contributed by atoms with Gasteiger partial charge >= 0.3 is 0 Å². The van der Waals surface area contributed by atoms with E-state index in [-0.39, 0.29) is 0 Å². The van der Waals surface area contributed by atoms with E-state index in [1.807, 2.05) is 0 Å². The Morgan fingerprint density at radius 2 is 1.97 bits per heavy atom. The molecule has 3 aromatic rings. The van der Waals surface area contributed by atoms with E-state index in [1.165, 1.54) is 17.4 Å². The van der Waals surface area contributed by atoms with E-state index >= 15 is 0 Å². The molecule has 0 unspecified atom stereocenters. The second kappa shape index (κ2) is 10.3. The van der Waals surface area contributed by atoms with Crippen molar-refractivity contribution in [2.45, 2.75) is 13.5 Å². The molecule has 10 heteroatoms. The summed E-state index contributed by atoms with van der Waals surface area (Å²) in [5, 5.41) is 15.9. The van der Waals surface area contributed by atoms with Crippen LogP contribution in [0, 0.1) is 18.3 Å². The highest BCUT2D eigenvalue weighted by molar-refractivity contribution is 5.66. The third-order valence-electron chi connectivity index (χ3n) is 6.31. The SMILES string of the molecule is C=CCN1OCc2cnc(Nc3ccc(N4CCN(C)CC4)c(C)c3)nc2N1c1ccc(C#N)cn1. The molecule has 10 nitrogen and oxygen atoms in total. The van der Waals surface area contributed by atoms with E-state index < -0.39 is 0 Å². The second-order valence-corrected chi connectivity index (χ2v) is 8.88. The summed E-state index contributed by atoms with van der Waals surface area (Å²) in [6.45, 7) is 10.9. The van der Waals surface area contributed by atoms with Gasteiger partial charge in [-0.3, -0.25) is 4.84 Å². The predicted molar refractivity (Wildman–Crippen MR) is 139 cm³/mol. The number of anilines is 5. The van der Waals surface area contributed by atoms with Gasteiger partial charge in [0, 0.05) is 55.5 Å².